The number of methoxy groups -OCH3 is 3. The molecule has 0 saturated heterocycles. The number of nitrogens with one attached hydrogen (secondary N) is 1. The van der Waals surface area contributed by atoms with Crippen LogP contribution < -0.4 is 14.8 Å². The normalized spacial score (nSPS) is 14.6. The fourth-order valence-corrected chi connectivity index (χ4v) is 5.08. The van der Waals surface area contributed by atoms with Crippen molar-refractivity contribution in [1.82, 2.24) is 10.2 Å². The van der Waals surface area contributed by atoms with Crippen molar-refractivity contribution in [3.8, 4) is 11.5 Å². The van der Waals surface area contributed by atoms with E-state index in [9.17, 15) is 14.4 Å². The molecule has 2 aromatic rings. The van der Waals surface area contributed by atoms with Gasteiger partial charge in [-0.1, -0.05) is 31.4 Å². The Balaban J connectivity index is 1.96. The first kappa shape index (κ1) is 30.8. The van der Waals surface area contributed by atoms with Crippen molar-refractivity contribution in [2.75, 3.05) is 21.3 Å². The van der Waals surface area contributed by atoms with Crippen LogP contribution in [0.3, 0.4) is 0 Å². The molecule has 3 rings (SSSR count). The van der Waals surface area contributed by atoms with E-state index >= 15 is 0 Å². The zero-order valence-corrected chi connectivity index (χ0v) is 24.5. The third-order valence-electron chi connectivity index (χ3n) is 6.98. The molecule has 0 aliphatic heterocycles. The fourth-order valence-electron chi connectivity index (χ4n) is 5.08. The quantitative estimate of drug-likeness (QED) is 0.387. The van der Waals surface area contributed by atoms with Crippen LogP contribution in [0.4, 0.5) is 4.79 Å². The maximum Gasteiger partial charge on any atom is 0.407 e. The topological polar surface area (TPSA) is 103 Å². The van der Waals surface area contributed by atoms with Crippen LogP contribution in [0.25, 0.3) is 0 Å². The predicted molar refractivity (Wildman–Crippen MR) is 151 cm³/mol. The third-order valence-corrected chi connectivity index (χ3v) is 6.98. The van der Waals surface area contributed by atoms with Crippen molar-refractivity contribution in [2.45, 2.75) is 77.6 Å². The van der Waals surface area contributed by atoms with Gasteiger partial charge in [-0.05, 0) is 69.4 Å². The van der Waals surface area contributed by atoms with E-state index in [1.54, 1.807) is 70.2 Å². The van der Waals surface area contributed by atoms with Gasteiger partial charge >= 0.3 is 12.1 Å². The molecular weight excluding hydrogens is 512 g/mol. The Morgan fingerprint density at radius 2 is 1.70 bits per heavy atom. The molecule has 0 spiro atoms. The Labute approximate surface area is 237 Å². The summed E-state index contributed by atoms with van der Waals surface area (Å²) in [5.41, 5.74) is 1.25. The molecule has 0 aromatic heterocycles. The summed E-state index contributed by atoms with van der Waals surface area (Å²) in [6, 6.07) is 11.7. The minimum absolute atomic E-state index is 0.0218. The van der Waals surface area contributed by atoms with Crippen molar-refractivity contribution in [2.24, 2.45) is 5.92 Å². The summed E-state index contributed by atoms with van der Waals surface area (Å²) < 4.78 is 21.5. The molecule has 1 atom stereocenters. The van der Waals surface area contributed by atoms with Crippen molar-refractivity contribution in [3.05, 3.63) is 59.2 Å². The highest BCUT2D eigenvalue weighted by Gasteiger charge is 2.38. The van der Waals surface area contributed by atoms with Gasteiger partial charge in [-0.3, -0.25) is 4.79 Å². The monoisotopic (exact) mass is 554 g/mol. The molecule has 2 aromatic carbocycles. The Kier molecular flexibility index (Phi) is 10.8. The highest BCUT2D eigenvalue weighted by molar-refractivity contribution is 5.97. The minimum Gasteiger partial charge on any atom is -0.497 e. The van der Waals surface area contributed by atoms with E-state index in [2.05, 4.69) is 5.32 Å². The summed E-state index contributed by atoms with van der Waals surface area (Å²) in [7, 11) is 4.49. The van der Waals surface area contributed by atoms with Crippen molar-refractivity contribution >= 4 is 18.0 Å². The van der Waals surface area contributed by atoms with Gasteiger partial charge in [-0.25, -0.2) is 9.59 Å². The lowest BCUT2D eigenvalue weighted by atomic mass is 9.82. The average molecular weight is 555 g/mol. The van der Waals surface area contributed by atoms with Crippen molar-refractivity contribution < 1.29 is 33.3 Å². The standard InChI is InChI=1S/C31H42N2O7/c1-31(2,3)40-30(36)32-19-21-11-10-14-23(17-21)28(34)33(20-24-15-16-25(37-4)18-26(24)38-5)27(29(35)39-6)22-12-8-7-9-13-22/h10-11,14-18,22,27H,7-9,12-13,19-20H2,1-6H3,(H,32,36). The lowest BCUT2D eigenvalue weighted by Gasteiger charge is -2.37. The summed E-state index contributed by atoms with van der Waals surface area (Å²) in [6.07, 6.45) is 4.24. The van der Waals surface area contributed by atoms with Gasteiger partial charge in [0.1, 0.15) is 23.1 Å². The zero-order valence-electron chi connectivity index (χ0n) is 24.5. The molecule has 40 heavy (non-hydrogen) atoms. The van der Waals surface area contributed by atoms with Gasteiger partial charge in [-0.15, -0.1) is 0 Å². The maximum atomic E-state index is 14.2. The zero-order chi connectivity index (χ0) is 29.3. The Hall–Kier alpha value is -3.75. The van der Waals surface area contributed by atoms with E-state index in [1.807, 2.05) is 12.1 Å². The number of rotatable bonds is 10. The van der Waals surface area contributed by atoms with Gasteiger partial charge in [0.05, 0.1) is 27.9 Å². The van der Waals surface area contributed by atoms with Crippen LogP contribution in [-0.2, 0) is 27.4 Å². The van der Waals surface area contributed by atoms with E-state index in [1.165, 1.54) is 7.11 Å². The summed E-state index contributed by atoms with van der Waals surface area (Å²) in [5, 5.41) is 2.73. The Morgan fingerprint density at radius 1 is 0.975 bits per heavy atom. The smallest absolute Gasteiger partial charge is 0.407 e. The number of carbonyl (C=O) groups is 3. The molecule has 1 saturated carbocycles. The van der Waals surface area contributed by atoms with Gasteiger partial charge < -0.3 is 29.2 Å². The van der Waals surface area contributed by atoms with Crippen LogP contribution in [0.1, 0.15) is 74.4 Å². The van der Waals surface area contributed by atoms with E-state index in [4.69, 9.17) is 18.9 Å². The first-order chi connectivity index (χ1) is 19.1. The van der Waals surface area contributed by atoms with E-state index in [-0.39, 0.29) is 24.9 Å². The fraction of sp³-hybridized carbons (Fsp3) is 0.516. The number of hydrogen-bond donors (Lipinski definition) is 1. The maximum absolute atomic E-state index is 14.2. The van der Waals surface area contributed by atoms with E-state index in [0.29, 0.717) is 17.1 Å². The molecule has 0 radical (unpaired) electrons. The van der Waals surface area contributed by atoms with Crippen LogP contribution in [0.15, 0.2) is 42.5 Å². The molecule has 9 nitrogen and oxygen atoms in total. The average Bonchev–Trinajstić information content (AvgIpc) is 2.95. The molecule has 1 aliphatic carbocycles. The van der Waals surface area contributed by atoms with Crippen LogP contribution >= 0.6 is 0 Å². The van der Waals surface area contributed by atoms with Gasteiger partial charge in [0.25, 0.3) is 5.91 Å². The molecule has 2 amide bonds. The van der Waals surface area contributed by atoms with Crippen LogP contribution in [0.5, 0.6) is 11.5 Å². The van der Waals surface area contributed by atoms with Crippen LogP contribution in [0.2, 0.25) is 0 Å². The first-order valence-electron chi connectivity index (χ1n) is 13.7. The molecule has 218 valence electrons. The van der Waals surface area contributed by atoms with Gasteiger partial charge in [0, 0.05) is 23.7 Å². The number of alkyl carbamates (subject to hydrolysis) is 1. The SMILES string of the molecule is COC(=O)C(C1CCCCC1)N(Cc1ccc(OC)cc1OC)C(=O)c1cccc(CNC(=O)OC(C)(C)C)c1. The highest BCUT2D eigenvalue weighted by Crippen LogP contribution is 2.33. The third kappa shape index (κ3) is 8.37. The molecule has 1 fully saturated rings. The van der Waals surface area contributed by atoms with Gasteiger partial charge in [0.15, 0.2) is 0 Å². The summed E-state index contributed by atoms with van der Waals surface area (Å²) in [4.78, 5) is 41.2. The number of benzene rings is 2. The largest absolute Gasteiger partial charge is 0.497 e. The number of esters is 1. The number of hydrogen-bond acceptors (Lipinski definition) is 7. The summed E-state index contributed by atoms with van der Waals surface area (Å²) in [5.74, 6) is 0.417. The summed E-state index contributed by atoms with van der Waals surface area (Å²) >= 11 is 0. The highest BCUT2D eigenvalue weighted by atomic mass is 16.6. The predicted octanol–water partition coefficient (Wildman–Crippen LogP) is 5.49. The van der Waals surface area contributed by atoms with Crippen molar-refractivity contribution in [1.29, 1.82) is 0 Å². The lowest BCUT2D eigenvalue weighted by Crippen LogP contribution is -2.50. The Bertz CT molecular complexity index is 1170. The molecule has 0 bridgehead atoms. The minimum atomic E-state index is -0.756. The number of carbonyl (C=O) groups excluding carboxylic acids is 3. The molecular formula is C31H42N2O7. The number of ether oxygens (including phenoxy) is 4. The second-order valence-electron chi connectivity index (χ2n) is 11.0. The number of nitrogens with zero attached hydrogens (tertiary/aromatic N) is 1. The molecule has 9 heteroatoms. The number of amides is 2. The van der Waals surface area contributed by atoms with Crippen molar-refractivity contribution in [3.63, 3.8) is 0 Å². The first-order valence-corrected chi connectivity index (χ1v) is 13.7. The molecule has 1 unspecified atom stereocenters. The van der Waals surface area contributed by atoms with E-state index in [0.717, 1.165) is 43.2 Å². The molecule has 1 N–H and O–H groups in total. The van der Waals surface area contributed by atoms with Gasteiger partial charge in [-0.2, -0.15) is 0 Å². The Morgan fingerprint density at radius 3 is 2.33 bits per heavy atom. The van der Waals surface area contributed by atoms with E-state index < -0.39 is 23.7 Å². The molecule has 1 aliphatic rings. The second-order valence-corrected chi connectivity index (χ2v) is 11.0. The lowest BCUT2D eigenvalue weighted by molar-refractivity contribution is -0.149. The van der Waals surface area contributed by atoms with Crippen LogP contribution in [0, 0.1) is 5.92 Å². The molecule has 0 heterocycles. The second kappa shape index (κ2) is 14.1. The van der Waals surface area contributed by atoms with Gasteiger partial charge in [0.2, 0.25) is 0 Å². The van der Waals surface area contributed by atoms with Crippen LogP contribution in [-0.4, -0.2) is 55.8 Å². The summed E-state index contributed by atoms with van der Waals surface area (Å²) in [6.45, 7) is 5.71.